The Kier molecular flexibility index (Phi) is 3.55. The number of halogens is 3. The fourth-order valence-electron chi connectivity index (χ4n) is 1.69. The van der Waals surface area contributed by atoms with Gasteiger partial charge in [0, 0.05) is 19.1 Å². The third-order valence-electron chi connectivity index (χ3n) is 2.33. The van der Waals surface area contributed by atoms with E-state index in [-0.39, 0.29) is 12.6 Å². The van der Waals surface area contributed by atoms with Crippen molar-refractivity contribution in [2.75, 3.05) is 19.6 Å². The van der Waals surface area contributed by atoms with Gasteiger partial charge in [-0.2, -0.15) is 13.2 Å². The van der Waals surface area contributed by atoms with Gasteiger partial charge >= 0.3 is 6.30 Å². The molecule has 1 rings (SSSR count). The summed E-state index contributed by atoms with van der Waals surface area (Å²) in [5.74, 6) is 0. The van der Waals surface area contributed by atoms with Crippen LogP contribution in [0.4, 0.5) is 13.2 Å². The van der Waals surface area contributed by atoms with Crippen molar-refractivity contribution in [3.63, 3.8) is 0 Å². The Morgan fingerprint density at radius 2 is 2.15 bits per heavy atom. The van der Waals surface area contributed by atoms with Crippen molar-refractivity contribution in [2.45, 2.75) is 32.1 Å². The van der Waals surface area contributed by atoms with Gasteiger partial charge in [0.05, 0.1) is 0 Å². The van der Waals surface area contributed by atoms with Crippen LogP contribution in [0.3, 0.4) is 0 Å². The predicted octanol–water partition coefficient (Wildman–Crippen LogP) is 1.58. The molecule has 1 aliphatic rings. The first kappa shape index (κ1) is 10.8. The predicted molar refractivity (Wildman–Crippen MR) is 44.3 cm³/mol. The van der Waals surface area contributed by atoms with Crippen LogP contribution >= 0.6 is 0 Å². The van der Waals surface area contributed by atoms with E-state index in [0.29, 0.717) is 24.3 Å². The second-order valence-electron chi connectivity index (χ2n) is 3.26. The van der Waals surface area contributed by atoms with Crippen molar-refractivity contribution >= 4 is 0 Å². The molecule has 1 atom stereocenters. The minimum absolute atomic E-state index is 0.152. The van der Waals surface area contributed by atoms with Gasteiger partial charge in [0.15, 0.2) is 0 Å². The van der Waals surface area contributed by atoms with Gasteiger partial charge in [0.1, 0.15) is 0 Å². The molecule has 1 saturated heterocycles. The van der Waals surface area contributed by atoms with Crippen LogP contribution < -0.4 is 5.32 Å². The highest BCUT2D eigenvalue weighted by Crippen LogP contribution is 2.30. The van der Waals surface area contributed by atoms with Gasteiger partial charge in [-0.3, -0.25) is 0 Å². The largest absolute Gasteiger partial charge is 0.460 e. The average molecular weight is 196 g/mol. The molecule has 1 fully saturated rings. The molecule has 0 saturated carbocycles. The van der Waals surface area contributed by atoms with Crippen molar-refractivity contribution in [2.24, 2.45) is 0 Å². The second kappa shape index (κ2) is 4.28. The van der Waals surface area contributed by atoms with E-state index in [9.17, 15) is 13.2 Å². The second-order valence-corrected chi connectivity index (χ2v) is 3.26. The van der Waals surface area contributed by atoms with Gasteiger partial charge in [-0.05, 0) is 19.4 Å². The molecule has 0 amide bonds. The number of hydrogen-bond acceptors (Lipinski definition) is 2. The van der Waals surface area contributed by atoms with Gasteiger partial charge in [-0.15, -0.1) is 0 Å². The van der Waals surface area contributed by atoms with Crippen LogP contribution in [0.25, 0.3) is 0 Å². The Labute approximate surface area is 76.1 Å². The summed E-state index contributed by atoms with van der Waals surface area (Å²) >= 11 is 0. The summed E-state index contributed by atoms with van der Waals surface area (Å²) in [5, 5.41) is 2.95. The molecule has 0 unspecified atom stereocenters. The van der Waals surface area contributed by atoms with E-state index >= 15 is 0 Å². The molecule has 0 aliphatic carbocycles. The summed E-state index contributed by atoms with van der Waals surface area (Å²) in [5.41, 5.74) is 0. The quantitative estimate of drug-likeness (QED) is 0.689. The number of nitrogens with zero attached hydrogens (tertiary/aromatic N) is 1. The molecule has 0 aromatic heterocycles. The molecule has 0 bridgehead atoms. The monoisotopic (exact) mass is 196 g/mol. The van der Waals surface area contributed by atoms with Gasteiger partial charge < -0.3 is 5.32 Å². The van der Waals surface area contributed by atoms with Crippen LogP contribution in [-0.4, -0.2) is 36.9 Å². The molecule has 0 spiro atoms. The van der Waals surface area contributed by atoms with Crippen molar-refractivity contribution in [3.05, 3.63) is 0 Å². The van der Waals surface area contributed by atoms with Gasteiger partial charge in [0.2, 0.25) is 0 Å². The lowest BCUT2D eigenvalue weighted by Crippen LogP contribution is -2.45. The third kappa shape index (κ3) is 2.84. The van der Waals surface area contributed by atoms with Crippen molar-refractivity contribution in [1.82, 2.24) is 10.2 Å². The summed E-state index contributed by atoms with van der Waals surface area (Å²) < 4.78 is 37.0. The van der Waals surface area contributed by atoms with E-state index in [1.807, 2.05) is 6.92 Å². The summed E-state index contributed by atoms with van der Waals surface area (Å²) in [6.45, 7) is 3.21. The fourth-order valence-corrected chi connectivity index (χ4v) is 1.69. The molecule has 0 aromatic carbocycles. The van der Waals surface area contributed by atoms with Crippen LogP contribution in [0.2, 0.25) is 0 Å². The minimum Gasteiger partial charge on any atom is -0.315 e. The first-order chi connectivity index (χ1) is 6.05. The average Bonchev–Trinajstić information content (AvgIpc) is 2.47. The van der Waals surface area contributed by atoms with E-state index in [1.54, 1.807) is 0 Å². The highest BCUT2D eigenvalue weighted by atomic mass is 19.4. The van der Waals surface area contributed by atoms with Crippen LogP contribution in [-0.2, 0) is 0 Å². The SMILES string of the molecule is CCNC[C@@H]1CCCN1C(F)(F)F. The molecule has 0 radical (unpaired) electrons. The van der Waals surface area contributed by atoms with Gasteiger partial charge in [-0.25, -0.2) is 4.90 Å². The Morgan fingerprint density at radius 3 is 2.69 bits per heavy atom. The normalized spacial score (nSPS) is 25.4. The fraction of sp³-hybridized carbons (Fsp3) is 1.00. The maximum Gasteiger partial charge on any atom is 0.460 e. The lowest BCUT2D eigenvalue weighted by Gasteiger charge is -2.26. The highest BCUT2D eigenvalue weighted by Gasteiger charge is 2.43. The van der Waals surface area contributed by atoms with Gasteiger partial charge in [0.25, 0.3) is 0 Å². The molecule has 1 heterocycles. The Hall–Kier alpha value is -0.290. The Bertz CT molecular complexity index is 158. The molecule has 13 heavy (non-hydrogen) atoms. The smallest absolute Gasteiger partial charge is 0.315 e. The molecule has 1 aliphatic heterocycles. The van der Waals surface area contributed by atoms with Crippen molar-refractivity contribution in [3.8, 4) is 0 Å². The topological polar surface area (TPSA) is 15.3 Å². The van der Waals surface area contributed by atoms with Crippen LogP contribution in [0, 0.1) is 0 Å². The highest BCUT2D eigenvalue weighted by molar-refractivity contribution is 4.82. The summed E-state index contributed by atoms with van der Waals surface area (Å²) in [7, 11) is 0. The summed E-state index contributed by atoms with van der Waals surface area (Å²) in [4.78, 5) is 0.635. The number of nitrogens with one attached hydrogen (secondary N) is 1. The molecule has 1 N–H and O–H groups in total. The van der Waals surface area contributed by atoms with E-state index in [4.69, 9.17) is 0 Å². The zero-order valence-corrected chi connectivity index (χ0v) is 7.69. The lowest BCUT2D eigenvalue weighted by atomic mass is 10.2. The molecular formula is C8H15F3N2. The van der Waals surface area contributed by atoms with Crippen molar-refractivity contribution in [1.29, 1.82) is 0 Å². The van der Waals surface area contributed by atoms with E-state index in [0.717, 1.165) is 6.54 Å². The lowest BCUT2D eigenvalue weighted by molar-refractivity contribution is -0.249. The maximum atomic E-state index is 12.3. The van der Waals surface area contributed by atoms with Crippen LogP contribution in [0.5, 0.6) is 0 Å². The maximum absolute atomic E-state index is 12.3. The standard InChI is InChI=1S/C8H15F3N2/c1-2-12-6-7-4-3-5-13(7)8(9,10)11/h7,12H,2-6H2,1H3/t7-/m0/s1. The summed E-state index contributed by atoms with van der Waals surface area (Å²) in [6, 6.07) is -0.361. The molecule has 0 aromatic rings. The molecule has 2 nitrogen and oxygen atoms in total. The van der Waals surface area contributed by atoms with Crippen LogP contribution in [0.15, 0.2) is 0 Å². The number of alkyl halides is 3. The zero-order chi connectivity index (χ0) is 9.90. The summed E-state index contributed by atoms with van der Waals surface area (Å²) in [6.07, 6.45) is -2.86. The zero-order valence-electron chi connectivity index (χ0n) is 7.69. The van der Waals surface area contributed by atoms with E-state index in [1.165, 1.54) is 0 Å². The van der Waals surface area contributed by atoms with Gasteiger partial charge in [-0.1, -0.05) is 6.92 Å². The van der Waals surface area contributed by atoms with Crippen molar-refractivity contribution < 1.29 is 13.2 Å². The number of rotatable bonds is 3. The van der Waals surface area contributed by atoms with E-state index < -0.39 is 6.30 Å². The first-order valence-corrected chi connectivity index (χ1v) is 4.60. The molecule has 5 heteroatoms. The molecule has 78 valence electrons. The number of likely N-dealkylation sites (tertiary alicyclic amines) is 1. The first-order valence-electron chi connectivity index (χ1n) is 4.60. The Balaban J connectivity index is 2.44. The number of hydrogen-bond donors (Lipinski definition) is 1. The third-order valence-corrected chi connectivity index (χ3v) is 2.33. The molecular weight excluding hydrogens is 181 g/mol. The minimum atomic E-state index is -4.16. The van der Waals surface area contributed by atoms with E-state index in [2.05, 4.69) is 5.32 Å². The number of likely N-dealkylation sites (N-methyl/N-ethyl adjacent to an activating group) is 1. The Morgan fingerprint density at radius 1 is 1.46 bits per heavy atom. The van der Waals surface area contributed by atoms with Crippen LogP contribution in [0.1, 0.15) is 19.8 Å².